The van der Waals surface area contributed by atoms with E-state index >= 15 is 0 Å². The standard InChI is InChI=1S/C20H23NO4/c1-14-5-10-18(15(2)12-14)20(24)21-13-16-6-8-17(9-7-16)25-11-3-4-19(22)23/h5-10,12H,3-4,11,13H2,1-2H3,(H,21,24)(H,22,23). The summed E-state index contributed by atoms with van der Waals surface area (Å²) in [5, 5.41) is 11.5. The van der Waals surface area contributed by atoms with Crippen molar-refractivity contribution in [2.45, 2.75) is 33.2 Å². The zero-order valence-electron chi connectivity index (χ0n) is 14.5. The maximum atomic E-state index is 12.3. The first kappa shape index (κ1) is 18.5. The van der Waals surface area contributed by atoms with Crippen molar-refractivity contribution >= 4 is 11.9 Å². The summed E-state index contributed by atoms with van der Waals surface area (Å²) in [6.45, 7) is 4.74. The number of carbonyl (C=O) groups excluding carboxylic acids is 1. The van der Waals surface area contributed by atoms with Crippen LogP contribution in [0, 0.1) is 13.8 Å². The first-order valence-electron chi connectivity index (χ1n) is 8.24. The molecular weight excluding hydrogens is 318 g/mol. The van der Waals surface area contributed by atoms with Gasteiger partial charge >= 0.3 is 5.97 Å². The van der Waals surface area contributed by atoms with Crippen LogP contribution >= 0.6 is 0 Å². The third-order valence-corrected chi connectivity index (χ3v) is 3.81. The second-order valence-electron chi connectivity index (χ2n) is 5.99. The molecule has 2 N–H and O–H groups in total. The van der Waals surface area contributed by atoms with Crippen LogP contribution in [0.25, 0.3) is 0 Å². The largest absolute Gasteiger partial charge is 0.494 e. The normalized spacial score (nSPS) is 10.3. The summed E-state index contributed by atoms with van der Waals surface area (Å²) in [6, 6.07) is 13.2. The molecule has 25 heavy (non-hydrogen) atoms. The lowest BCUT2D eigenvalue weighted by molar-refractivity contribution is -0.137. The Bertz CT molecular complexity index is 738. The van der Waals surface area contributed by atoms with Gasteiger partial charge in [0, 0.05) is 18.5 Å². The van der Waals surface area contributed by atoms with Gasteiger partial charge in [0.05, 0.1) is 6.61 Å². The van der Waals surface area contributed by atoms with Crippen LogP contribution in [-0.4, -0.2) is 23.6 Å². The van der Waals surface area contributed by atoms with Crippen LogP contribution in [0.2, 0.25) is 0 Å². The highest BCUT2D eigenvalue weighted by Gasteiger charge is 2.08. The molecule has 0 spiro atoms. The van der Waals surface area contributed by atoms with Crippen LogP contribution in [-0.2, 0) is 11.3 Å². The second-order valence-corrected chi connectivity index (χ2v) is 5.99. The average Bonchev–Trinajstić information content (AvgIpc) is 2.57. The van der Waals surface area contributed by atoms with E-state index in [0.717, 1.165) is 16.7 Å². The zero-order chi connectivity index (χ0) is 18.2. The lowest BCUT2D eigenvalue weighted by Gasteiger charge is -2.09. The molecule has 0 unspecified atom stereocenters. The van der Waals surface area contributed by atoms with Gasteiger partial charge in [0.15, 0.2) is 0 Å². The van der Waals surface area contributed by atoms with Crippen molar-refractivity contribution in [1.82, 2.24) is 5.32 Å². The van der Waals surface area contributed by atoms with E-state index in [4.69, 9.17) is 9.84 Å². The van der Waals surface area contributed by atoms with Crippen molar-refractivity contribution in [1.29, 1.82) is 0 Å². The SMILES string of the molecule is Cc1ccc(C(=O)NCc2ccc(OCCCC(=O)O)cc2)c(C)c1. The van der Waals surface area contributed by atoms with Crippen molar-refractivity contribution in [2.75, 3.05) is 6.61 Å². The number of carboxylic acid groups (broad SMARTS) is 1. The Morgan fingerprint density at radius 3 is 2.44 bits per heavy atom. The summed E-state index contributed by atoms with van der Waals surface area (Å²) in [5.41, 5.74) is 3.75. The molecule has 0 radical (unpaired) electrons. The van der Waals surface area contributed by atoms with E-state index in [1.807, 2.05) is 56.3 Å². The highest BCUT2D eigenvalue weighted by Crippen LogP contribution is 2.14. The molecule has 2 aromatic carbocycles. The highest BCUT2D eigenvalue weighted by molar-refractivity contribution is 5.95. The predicted molar refractivity (Wildman–Crippen MR) is 95.9 cm³/mol. The summed E-state index contributed by atoms with van der Waals surface area (Å²) >= 11 is 0. The van der Waals surface area contributed by atoms with E-state index in [9.17, 15) is 9.59 Å². The molecule has 0 fully saturated rings. The topological polar surface area (TPSA) is 75.6 Å². The monoisotopic (exact) mass is 341 g/mol. The minimum absolute atomic E-state index is 0.0912. The second kappa shape index (κ2) is 8.87. The average molecular weight is 341 g/mol. The zero-order valence-corrected chi connectivity index (χ0v) is 14.5. The van der Waals surface area contributed by atoms with Crippen LogP contribution in [0.15, 0.2) is 42.5 Å². The quantitative estimate of drug-likeness (QED) is 0.721. The molecule has 1 amide bonds. The molecule has 0 atom stereocenters. The van der Waals surface area contributed by atoms with Crippen LogP contribution in [0.1, 0.15) is 39.9 Å². The maximum absolute atomic E-state index is 12.3. The number of carbonyl (C=O) groups is 2. The maximum Gasteiger partial charge on any atom is 0.303 e. The van der Waals surface area contributed by atoms with Crippen molar-refractivity contribution in [3.05, 3.63) is 64.7 Å². The van der Waals surface area contributed by atoms with Crippen molar-refractivity contribution < 1.29 is 19.4 Å². The van der Waals surface area contributed by atoms with E-state index in [-0.39, 0.29) is 12.3 Å². The molecule has 0 heterocycles. The molecule has 0 bridgehead atoms. The Balaban J connectivity index is 1.82. The first-order valence-corrected chi connectivity index (χ1v) is 8.24. The van der Waals surface area contributed by atoms with Gasteiger partial charge in [0.2, 0.25) is 0 Å². The third-order valence-electron chi connectivity index (χ3n) is 3.81. The fraction of sp³-hybridized carbons (Fsp3) is 0.300. The fourth-order valence-corrected chi connectivity index (χ4v) is 2.46. The molecule has 0 saturated carbocycles. The molecule has 0 aliphatic rings. The van der Waals surface area contributed by atoms with Crippen LogP contribution in [0.3, 0.4) is 0 Å². The molecule has 132 valence electrons. The summed E-state index contributed by atoms with van der Waals surface area (Å²) in [6.07, 6.45) is 0.575. The summed E-state index contributed by atoms with van der Waals surface area (Å²) < 4.78 is 5.48. The van der Waals surface area contributed by atoms with E-state index in [1.165, 1.54) is 0 Å². The van der Waals surface area contributed by atoms with Crippen LogP contribution < -0.4 is 10.1 Å². The highest BCUT2D eigenvalue weighted by atomic mass is 16.5. The Morgan fingerprint density at radius 1 is 1.08 bits per heavy atom. The predicted octanol–water partition coefficient (Wildman–Crippen LogP) is 3.48. The van der Waals surface area contributed by atoms with Gasteiger partial charge in [0.25, 0.3) is 5.91 Å². The molecule has 5 nitrogen and oxygen atoms in total. The van der Waals surface area contributed by atoms with Gasteiger partial charge in [-0.1, -0.05) is 29.8 Å². The van der Waals surface area contributed by atoms with Crippen LogP contribution in [0.4, 0.5) is 0 Å². The number of benzene rings is 2. The first-order chi connectivity index (χ1) is 12.0. The van der Waals surface area contributed by atoms with Crippen molar-refractivity contribution in [3.63, 3.8) is 0 Å². The molecular formula is C20H23NO4. The fourth-order valence-electron chi connectivity index (χ4n) is 2.46. The number of aliphatic carboxylic acids is 1. The summed E-state index contributed by atoms with van der Waals surface area (Å²) in [4.78, 5) is 22.7. The molecule has 2 rings (SSSR count). The Hall–Kier alpha value is -2.82. The minimum atomic E-state index is -0.821. The molecule has 2 aromatic rings. The van der Waals surface area contributed by atoms with Crippen LogP contribution in [0.5, 0.6) is 5.75 Å². The lowest BCUT2D eigenvalue weighted by Crippen LogP contribution is -2.23. The molecule has 0 aliphatic carbocycles. The van der Waals surface area contributed by atoms with E-state index < -0.39 is 5.97 Å². The number of nitrogens with one attached hydrogen (secondary N) is 1. The lowest BCUT2D eigenvalue weighted by atomic mass is 10.1. The smallest absolute Gasteiger partial charge is 0.303 e. The van der Waals surface area contributed by atoms with E-state index in [0.29, 0.717) is 30.9 Å². The molecule has 0 saturated heterocycles. The number of amides is 1. The van der Waals surface area contributed by atoms with Crippen molar-refractivity contribution in [3.8, 4) is 5.75 Å². The summed E-state index contributed by atoms with van der Waals surface area (Å²) in [5.74, 6) is -0.222. The minimum Gasteiger partial charge on any atom is -0.494 e. The summed E-state index contributed by atoms with van der Waals surface area (Å²) in [7, 11) is 0. The van der Waals surface area contributed by atoms with Gasteiger partial charge < -0.3 is 15.2 Å². The van der Waals surface area contributed by atoms with Crippen molar-refractivity contribution in [2.24, 2.45) is 0 Å². The van der Waals surface area contributed by atoms with Gasteiger partial charge in [-0.3, -0.25) is 9.59 Å². The van der Waals surface area contributed by atoms with Gasteiger partial charge in [-0.05, 0) is 49.6 Å². The molecule has 0 aliphatic heterocycles. The Kier molecular flexibility index (Phi) is 6.57. The third kappa shape index (κ3) is 5.95. The Morgan fingerprint density at radius 2 is 1.80 bits per heavy atom. The molecule has 5 heteroatoms. The number of ether oxygens (including phenoxy) is 1. The van der Waals surface area contributed by atoms with Gasteiger partial charge in [-0.2, -0.15) is 0 Å². The number of carboxylic acids is 1. The van der Waals surface area contributed by atoms with Gasteiger partial charge in [0.1, 0.15) is 5.75 Å². The number of hydrogen-bond acceptors (Lipinski definition) is 3. The molecule has 0 aromatic heterocycles. The van der Waals surface area contributed by atoms with Gasteiger partial charge in [-0.25, -0.2) is 0 Å². The van der Waals surface area contributed by atoms with E-state index in [1.54, 1.807) is 0 Å². The van der Waals surface area contributed by atoms with Gasteiger partial charge in [-0.15, -0.1) is 0 Å². The number of aryl methyl sites for hydroxylation is 2. The number of hydrogen-bond donors (Lipinski definition) is 2. The number of rotatable bonds is 8. The van der Waals surface area contributed by atoms with E-state index in [2.05, 4.69) is 5.32 Å². The Labute approximate surface area is 147 Å².